The monoisotopic (exact) mass is 492 g/mol. The lowest BCUT2D eigenvalue weighted by Gasteiger charge is -2.32. The number of amides is 1. The van der Waals surface area contributed by atoms with Gasteiger partial charge in [0, 0.05) is 30.8 Å². The molecule has 0 spiro atoms. The van der Waals surface area contributed by atoms with Crippen LogP contribution < -0.4 is 5.32 Å². The summed E-state index contributed by atoms with van der Waals surface area (Å²) in [6.07, 6.45) is 4.41. The number of piperidine rings is 1. The Labute approximate surface area is 217 Å². The minimum Gasteiger partial charge on any atom is -0.326 e. The molecule has 2 heterocycles. The minimum atomic E-state index is -0.0405. The molecule has 0 bridgehead atoms. The number of hydrogen-bond donors (Lipinski definition) is 1. The van der Waals surface area contributed by atoms with Crippen molar-refractivity contribution >= 4 is 28.4 Å². The van der Waals surface area contributed by atoms with Crippen LogP contribution in [0.3, 0.4) is 0 Å². The molecule has 1 N–H and O–H groups in total. The fraction of sp³-hybridized carbons (Fsp3) is 0.323. The zero-order valence-electron chi connectivity index (χ0n) is 21.2. The van der Waals surface area contributed by atoms with E-state index in [2.05, 4.69) is 45.1 Å². The molecule has 2 fully saturated rings. The van der Waals surface area contributed by atoms with Crippen LogP contribution in [0, 0.1) is 0 Å². The summed E-state index contributed by atoms with van der Waals surface area (Å²) < 4.78 is 2.14. The Morgan fingerprint density at radius 3 is 2.41 bits per heavy atom. The number of carbonyl (C=O) groups is 2. The van der Waals surface area contributed by atoms with E-state index in [1.165, 1.54) is 11.1 Å². The van der Waals surface area contributed by atoms with Gasteiger partial charge in [0.1, 0.15) is 0 Å². The quantitative estimate of drug-likeness (QED) is 0.324. The van der Waals surface area contributed by atoms with Crippen LogP contribution in [0.15, 0.2) is 72.8 Å². The number of imidazole rings is 1. The Kier molecular flexibility index (Phi) is 6.35. The molecular formula is C31H32N4O2. The van der Waals surface area contributed by atoms with E-state index in [4.69, 9.17) is 4.98 Å². The van der Waals surface area contributed by atoms with Crippen molar-refractivity contribution in [2.45, 2.75) is 51.1 Å². The lowest BCUT2D eigenvalue weighted by molar-refractivity contribution is -0.114. The summed E-state index contributed by atoms with van der Waals surface area (Å²) in [6.45, 7) is 4.48. The number of fused-ring (bicyclic) bond motifs is 1. The summed E-state index contributed by atoms with van der Waals surface area (Å²) in [7, 11) is 0. The van der Waals surface area contributed by atoms with Crippen molar-refractivity contribution in [2.24, 2.45) is 0 Å². The van der Waals surface area contributed by atoms with Gasteiger partial charge in [-0.3, -0.25) is 14.5 Å². The van der Waals surface area contributed by atoms with Gasteiger partial charge in [0.15, 0.2) is 5.82 Å². The van der Waals surface area contributed by atoms with Crippen LogP contribution in [0.25, 0.3) is 11.0 Å². The van der Waals surface area contributed by atoms with Crippen molar-refractivity contribution in [3.8, 4) is 0 Å². The molecule has 37 heavy (non-hydrogen) atoms. The van der Waals surface area contributed by atoms with Crippen molar-refractivity contribution in [3.63, 3.8) is 0 Å². The molecule has 188 valence electrons. The molecular weight excluding hydrogens is 460 g/mol. The molecule has 1 amide bonds. The third-order valence-electron chi connectivity index (χ3n) is 7.60. The summed E-state index contributed by atoms with van der Waals surface area (Å²) in [4.78, 5) is 32.0. The predicted octanol–water partition coefficient (Wildman–Crippen LogP) is 5.94. The molecule has 0 radical (unpaired) electrons. The lowest BCUT2D eigenvalue weighted by atomic mass is 9.89. The van der Waals surface area contributed by atoms with Crippen molar-refractivity contribution in [1.29, 1.82) is 0 Å². The molecule has 1 aliphatic heterocycles. The largest absolute Gasteiger partial charge is 0.326 e. The van der Waals surface area contributed by atoms with Crippen molar-refractivity contribution in [2.75, 3.05) is 18.4 Å². The van der Waals surface area contributed by atoms with E-state index in [-0.39, 0.29) is 11.7 Å². The van der Waals surface area contributed by atoms with Gasteiger partial charge in [0.05, 0.1) is 11.0 Å². The van der Waals surface area contributed by atoms with Gasteiger partial charge in [-0.05, 0) is 80.1 Å². The highest BCUT2D eigenvalue weighted by Crippen LogP contribution is 2.39. The Balaban J connectivity index is 1.09. The Morgan fingerprint density at radius 1 is 0.919 bits per heavy atom. The lowest BCUT2D eigenvalue weighted by Crippen LogP contribution is -2.32. The van der Waals surface area contributed by atoms with Crippen LogP contribution in [0.5, 0.6) is 0 Å². The van der Waals surface area contributed by atoms with E-state index >= 15 is 0 Å². The van der Waals surface area contributed by atoms with Crippen LogP contribution in [-0.4, -0.2) is 39.2 Å². The van der Waals surface area contributed by atoms with Gasteiger partial charge >= 0.3 is 0 Å². The number of anilines is 1. The van der Waals surface area contributed by atoms with E-state index in [0.29, 0.717) is 23.3 Å². The highest BCUT2D eigenvalue weighted by molar-refractivity contribution is 6.08. The number of likely N-dealkylation sites (tertiary alicyclic amines) is 1. The fourth-order valence-electron chi connectivity index (χ4n) is 5.55. The van der Waals surface area contributed by atoms with Crippen LogP contribution >= 0.6 is 0 Å². The second-order valence-electron chi connectivity index (χ2n) is 10.4. The maximum Gasteiger partial charge on any atom is 0.228 e. The molecule has 3 aromatic carbocycles. The molecule has 0 atom stereocenters. The molecule has 1 saturated heterocycles. The Bertz CT molecular complexity index is 1440. The number of hydrogen-bond acceptors (Lipinski definition) is 4. The van der Waals surface area contributed by atoms with Gasteiger partial charge < -0.3 is 9.88 Å². The average Bonchev–Trinajstić information content (AvgIpc) is 3.68. The maximum absolute atomic E-state index is 13.4. The van der Waals surface area contributed by atoms with Gasteiger partial charge in [0.2, 0.25) is 11.7 Å². The van der Waals surface area contributed by atoms with E-state index in [0.717, 1.165) is 62.0 Å². The van der Waals surface area contributed by atoms with E-state index in [9.17, 15) is 9.59 Å². The number of para-hydroxylation sites is 2. The third-order valence-corrected chi connectivity index (χ3v) is 7.60. The number of ketones is 1. The highest BCUT2D eigenvalue weighted by atomic mass is 16.1. The molecule has 4 aromatic rings. The molecule has 6 heteroatoms. The summed E-state index contributed by atoms with van der Waals surface area (Å²) in [5.41, 5.74) is 6.02. The first-order valence-corrected chi connectivity index (χ1v) is 13.3. The molecule has 0 unspecified atom stereocenters. The molecule has 1 saturated carbocycles. The van der Waals surface area contributed by atoms with Crippen LogP contribution in [0.1, 0.15) is 71.9 Å². The molecule has 6 nitrogen and oxygen atoms in total. The molecule has 6 rings (SSSR count). The van der Waals surface area contributed by atoms with Crippen LogP contribution in [0.2, 0.25) is 0 Å². The molecule has 2 aliphatic rings. The standard InChI is InChI=1S/C31H32N4O2/c1-21(36)32-26-6-4-5-25(19-26)23-15-17-34(18-16-23)20-22-9-11-24(12-10-22)30(37)31-33-28-7-2-3-8-29(28)35(31)27-13-14-27/h2-12,19,23,27H,13-18,20H2,1H3,(H,32,36). The normalized spacial score (nSPS) is 16.7. The first-order valence-electron chi connectivity index (χ1n) is 13.3. The van der Waals surface area contributed by atoms with E-state index in [1.807, 2.05) is 42.5 Å². The number of nitrogens with zero attached hydrogens (tertiary/aromatic N) is 3. The van der Waals surface area contributed by atoms with Crippen LogP contribution in [-0.2, 0) is 11.3 Å². The van der Waals surface area contributed by atoms with Gasteiger partial charge in [-0.25, -0.2) is 4.98 Å². The number of nitrogens with one attached hydrogen (secondary N) is 1. The smallest absolute Gasteiger partial charge is 0.228 e. The number of rotatable bonds is 7. The van der Waals surface area contributed by atoms with Crippen LogP contribution in [0.4, 0.5) is 5.69 Å². The SMILES string of the molecule is CC(=O)Nc1cccc(C2CCN(Cc3ccc(C(=O)c4nc5ccccc5n4C4CC4)cc3)CC2)c1. The number of benzene rings is 3. The zero-order chi connectivity index (χ0) is 25.4. The van der Waals surface area contributed by atoms with E-state index in [1.54, 1.807) is 6.92 Å². The van der Waals surface area contributed by atoms with E-state index < -0.39 is 0 Å². The number of aromatic nitrogens is 2. The summed E-state index contributed by atoms with van der Waals surface area (Å²) in [5, 5.41) is 2.89. The minimum absolute atomic E-state index is 0.00282. The van der Waals surface area contributed by atoms with Gasteiger partial charge in [-0.15, -0.1) is 0 Å². The van der Waals surface area contributed by atoms with Crippen molar-refractivity contribution in [3.05, 3.63) is 95.3 Å². The van der Waals surface area contributed by atoms with Gasteiger partial charge in [-0.1, -0.05) is 48.5 Å². The molecule has 1 aliphatic carbocycles. The second kappa shape index (κ2) is 9.94. The highest BCUT2D eigenvalue weighted by Gasteiger charge is 2.31. The summed E-state index contributed by atoms with van der Waals surface area (Å²) >= 11 is 0. The third kappa shape index (κ3) is 5.07. The van der Waals surface area contributed by atoms with Gasteiger partial charge in [0.25, 0.3) is 0 Å². The first kappa shape index (κ1) is 23.6. The first-order chi connectivity index (χ1) is 18.0. The topological polar surface area (TPSA) is 67.2 Å². The summed E-state index contributed by atoms with van der Waals surface area (Å²) in [5.74, 6) is 1.02. The Morgan fingerprint density at radius 2 is 1.68 bits per heavy atom. The predicted molar refractivity (Wildman–Crippen MR) is 146 cm³/mol. The van der Waals surface area contributed by atoms with Crippen molar-refractivity contribution in [1.82, 2.24) is 14.5 Å². The fourth-order valence-corrected chi connectivity index (χ4v) is 5.55. The zero-order valence-corrected chi connectivity index (χ0v) is 21.2. The second-order valence-corrected chi connectivity index (χ2v) is 10.4. The van der Waals surface area contributed by atoms with Crippen molar-refractivity contribution < 1.29 is 9.59 Å². The molecule has 1 aromatic heterocycles. The number of carbonyl (C=O) groups excluding carboxylic acids is 2. The summed E-state index contributed by atoms with van der Waals surface area (Å²) in [6, 6.07) is 24.7. The average molecular weight is 493 g/mol. The maximum atomic E-state index is 13.4. The Hall–Kier alpha value is -3.77. The van der Waals surface area contributed by atoms with Gasteiger partial charge in [-0.2, -0.15) is 0 Å².